The quantitative estimate of drug-likeness (QED) is 0.409. The van der Waals surface area contributed by atoms with Crippen LogP contribution in [-0.4, -0.2) is 21.8 Å². The summed E-state index contributed by atoms with van der Waals surface area (Å²) in [5.41, 5.74) is 16.0. The molecule has 0 aliphatic rings. The molecule has 164 valence electrons. The van der Waals surface area contributed by atoms with Crippen LogP contribution in [0.25, 0.3) is 11.1 Å². The third kappa shape index (κ3) is 5.40. The molecule has 0 radical (unpaired) electrons. The van der Waals surface area contributed by atoms with Crippen LogP contribution in [0.15, 0.2) is 85.1 Å². The fourth-order valence-corrected chi connectivity index (χ4v) is 3.51. The monoisotopic (exact) mass is 437 g/mol. The predicted molar refractivity (Wildman–Crippen MR) is 127 cm³/mol. The molecule has 4 aromatic rings. The summed E-state index contributed by atoms with van der Waals surface area (Å²) in [4.78, 5) is 32.4. The molecule has 1 aromatic heterocycles. The zero-order chi connectivity index (χ0) is 23.2. The smallest absolute Gasteiger partial charge is 0.271 e. The second-order valence-corrected chi connectivity index (χ2v) is 7.59. The van der Waals surface area contributed by atoms with Crippen LogP contribution in [0.1, 0.15) is 37.7 Å². The molecular formula is C26H23N5O2. The van der Waals surface area contributed by atoms with Crippen LogP contribution < -0.4 is 16.8 Å². The number of rotatable bonds is 7. The van der Waals surface area contributed by atoms with Crippen LogP contribution in [-0.2, 0) is 13.0 Å². The number of carbonyl (C=O) groups excluding carboxylic acids is 2. The van der Waals surface area contributed by atoms with Crippen molar-refractivity contribution in [2.45, 2.75) is 13.0 Å². The zero-order valence-corrected chi connectivity index (χ0v) is 17.9. The number of nitrogens with two attached hydrogens (primary N) is 2. The van der Waals surface area contributed by atoms with E-state index in [1.165, 1.54) is 6.20 Å². The first-order chi connectivity index (χ1) is 16.0. The van der Waals surface area contributed by atoms with Gasteiger partial charge in [-0.1, -0.05) is 60.7 Å². The number of aromatic nitrogens is 2. The van der Waals surface area contributed by atoms with Crippen molar-refractivity contribution in [3.8, 4) is 11.1 Å². The minimum absolute atomic E-state index is 0.00397. The van der Waals surface area contributed by atoms with Gasteiger partial charge in [0.25, 0.3) is 11.8 Å². The number of nitrogen functional groups attached to an aromatic ring is 1. The largest absolute Gasteiger partial charge is 0.382 e. The number of carbonyl (C=O) groups is 2. The molecule has 0 unspecified atom stereocenters. The number of amides is 2. The Balaban J connectivity index is 1.43. The highest BCUT2D eigenvalue weighted by Gasteiger charge is 2.12. The van der Waals surface area contributed by atoms with Gasteiger partial charge >= 0.3 is 0 Å². The van der Waals surface area contributed by atoms with Crippen molar-refractivity contribution in [2.75, 3.05) is 5.73 Å². The lowest BCUT2D eigenvalue weighted by Crippen LogP contribution is -2.23. The molecule has 7 nitrogen and oxygen atoms in total. The molecule has 3 aromatic carbocycles. The van der Waals surface area contributed by atoms with Crippen LogP contribution in [0.2, 0.25) is 0 Å². The summed E-state index contributed by atoms with van der Waals surface area (Å²) in [5.74, 6) is -0.912. The third-order valence-corrected chi connectivity index (χ3v) is 5.15. The number of hydrogen-bond acceptors (Lipinski definition) is 5. The van der Waals surface area contributed by atoms with E-state index in [0.29, 0.717) is 24.2 Å². The van der Waals surface area contributed by atoms with Gasteiger partial charge in [0.2, 0.25) is 0 Å². The summed E-state index contributed by atoms with van der Waals surface area (Å²) in [6, 6.07) is 25.4. The third-order valence-electron chi connectivity index (χ3n) is 5.15. The molecule has 2 amide bonds. The fraction of sp³-hybridized carbons (Fsp3) is 0.0769. The first-order valence-corrected chi connectivity index (χ1v) is 10.4. The fourth-order valence-electron chi connectivity index (χ4n) is 3.51. The van der Waals surface area contributed by atoms with E-state index in [2.05, 4.69) is 33.5 Å². The maximum Gasteiger partial charge on any atom is 0.271 e. The Bertz CT molecular complexity index is 1310. The van der Waals surface area contributed by atoms with Crippen molar-refractivity contribution in [3.05, 3.63) is 113 Å². The summed E-state index contributed by atoms with van der Waals surface area (Å²) in [6.45, 7) is 0.412. The van der Waals surface area contributed by atoms with Gasteiger partial charge in [0, 0.05) is 18.5 Å². The molecule has 5 N–H and O–H groups in total. The molecule has 0 atom stereocenters. The molecule has 0 aliphatic carbocycles. The van der Waals surface area contributed by atoms with Crippen LogP contribution in [0.5, 0.6) is 0 Å². The Morgan fingerprint density at radius 3 is 2.36 bits per heavy atom. The van der Waals surface area contributed by atoms with E-state index in [4.69, 9.17) is 11.5 Å². The molecule has 7 heteroatoms. The average Bonchev–Trinajstić information content (AvgIpc) is 2.84. The van der Waals surface area contributed by atoms with Crippen LogP contribution >= 0.6 is 0 Å². The molecule has 0 spiro atoms. The Labute approximate surface area is 191 Å². The first-order valence-electron chi connectivity index (χ1n) is 10.4. The number of nitrogens with one attached hydrogen (secondary N) is 1. The summed E-state index contributed by atoms with van der Waals surface area (Å²) < 4.78 is 0. The lowest BCUT2D eigenvalue weighted by Gasteiger charge is -2.09. The van der Waals surface area contributed by atoms with E-state index in [0.717, 1.165) is 22.3 Å². The lowest BCUT2D eigenvalue weighted by atomic mass is 10.0. The highest BCUT2D eigenvalue weighted by atomic mass is 16.2. The number of benzene rings is 3. The minimum Gasteiger partial charge on any atom is -0.382 e. The van der Waals surface area contributed by atoms with Gasteiger partial charge in [-0.15, -0.1) is 0 Å². The second kappa shape index (κ2) is 9.74. The first kappa shape index (κ1) is 21.7. The Hall–Kier alpha value is -4.52. The average molecular weight is 438 g/mol. The van der Waals surface area contributed by atoms with Crippen molar-refractivity contribution >= 4 is 17.6 Å². The Morgan fingerprint density at radius 1 is 0.848 bits per heavy atom. The molecule has 0 aliphatic heterocycles. The highest BCUT2D eigenvalue weighted by molar-refractivity contribution is 5.95. The van der Waals surface area contributed by atoms with Crippen molar-refractivity contribution in [1.82, 2.24) is 15.3 Å². The number of primary amides is 1. The number of hydrogen-bond donors (Lipinski definition) is 3. The van der Waals surface area contributed by atoms with Gasteiger partial charge in [-0.3, -0.25) is 9.59 Å². The molecule has 0 saturated heterocycles. The maximum absolute atomic E-state index is 12.7. The molecule has 4 rings (SSSR count). The van der Waals surface area contributed by atoms with E-state index in [1.54, 1.807) is 18.2 Å². The van der Waals surface area contributed by atoms with Crippen molar-refractivity contribution in [3.63, 3.8) is 0 Å². The predicted octanol–water partition coefficient (Wildman–Crippen LogP) is 3.35. The topological polar surface area (TPSA) is 124 Å². The molecule has 1 heterocycles. The molecule has 0 fully saturated rings. The van der Waals surface area contributed by atoms with Crippen molar-refractivity contribution in [2.24, 2.45) is 5.73 Å². The summed E-state index contributed by atoms with van der Waals surface area (Å²) in [7, 11) is 0. The highest BCUT2D eigenvalue weighted by Crippen LogP contribution is 2.20. The van der Waals surface area contributed by atoms with Gasteiger partial charge in [0.15, 0.2) is 11.5 Å². The van der Waals surface area contributed by atoms with E-state index >= 15 is 0 Å². The zero-order valence-electron chi connectivity index (χ0n) is 17.9. The molecule has 33 heavy (non-hydrogen) atoms. The molecular weight excluding hydrogens is 414 g/mol. The SMILES string of the molecule is NC(=O)c1nc(Cc2cccc(C(=O)NCc3cccc(-c4ccccc4)c3)c2)cnc1N. The minimum atomic E-state index is -0.730. The Kier molecular flexibility index (Phi) is 6.40. The summed E-state index contributed by atoms with van der Waals surface area (Å²) in [5, 5.41) is 2.97. The Morgan fingerprint density at radius 2 is 1.58 bits per heavy atom. The van der Waals surface area contributed by atoms with Gasteiger partial charge in [0.1, 0.15) is 0 Å². The van der Waals surface area contributed by atoms with Crippen molar-refractivity contribution < 1.29 is 9.59 Å². The van der Waals surface area contributed by atoms with Gasteiger partial charge in [-0.25, -0.2) is 9.97 Å². The summed E-state index contributed by atoms with van der Waals surface area (Å²) >= 11 is 0. The van der Waals surface area contributed by atoms with Crippen LogP contribution in [0, 0.1) is 0 Å². The second-order valence-electron chi connectivity index (χ2n) is 7.59. The number of anilines is 1. The molecule has 0 bridgehead atoms. The van der Waals surface area contributed by atoms with Gasteiger partial charge in [-0.05, 0) is 40.5 Å². The summed E-state index contributed by atoms with van der Waals surface area (Å²) in [6.07, 6.45) is 1.88. The van der Waals surface area contributed by atoms with E-state index in [-0.39, 0.29) is 17.4 Å². The normalized spacial score (nSPS) is 10.5. The molecule has 0 saturated carbocycles. The standard InChI is InChI=1S/C26H23N5O2/c27-24-23(25(28)32)31-22(16-29-24)14-17-6-4-11-21(12-17)26(33)30-15-18-7-5-10-20(13-18)19-8-2-1-3-9-19/h1-13,16H,14-15H2,(H2,27,29)(H2,28,32)(H,30,33). The van der Waals surface area contributed by atoms with E-state index in [9.17, 15) is 9.59 Å². The van der Waals surface area contributed by atoms with Crippen molar-refractivity contribution in [1.29, 1.82) is 0 Å². The van der Waals surface area contributed by atoms with E-state index < -0.39 is 5.91 Å². The maximum atomic E-state index is 12.7. The van der Waals surface area contributed by atoms with Gasteiger partial charge in [0.05, 0.1) is 11.9 Å². The van der Waals surface area contributed by atoms with Gasteiger partial charge in [-0.2, -0.15) is 0 Å². The van der Waals surface area contributed by atoms with Crippen LogP contribution in [0.4, 0.5) is 5.82 Å². The van der Waals surface area contributed by atoms with Crippen LogP contribution in [0.3, 0.4) is 0 Å². The number of nitrogens with zero attached hydrogens (tertiary/aromatic N) is 2. The van der Waals surface area contributed by atoms with Gasteiger partial charge < -0.3 is 16.8 Å². The lowest BCUT2D eigenvalue weighted by molar-refractivity contribution is 0.0949. The van der Waals surface area contributed by atoms with E-state index in [1.807, 2.05) is 42.5 Å².